The number of nitrogens with one attached hydrogen (secondary N) is 1. The van der Waals surface area contributed by atoms with E-state index in [1.54, 1.807) is 12.1 Å². The Hall–Kier alpha value is -1.35. The van der Waals surface area contributed by atoms with Gasteiger partial charge >= 0.3 is 0 Å². The monoisotopic (exact) mass is 255 g/mol. The summed E-state index contributed by atoms with van der Waals surface area (Å²) in [5.41, 5.74) is 0.691. The molecule has 0 aromatic heterocycles. The summed E-state index contributed by atoms with van der Waals surface area (Å²) in [6.07, 6.45) is 3.01. The number of hydrogen-bond acceptors (Lipinski definition) is 1. The van der Waals surface area contributed by atoms with Crippen LogP contribution in [0, 0.1) is 11.7 Å². The van der Waals surface area contributed by atoms with Gasteiger partial charge in [-0.05, 0) is 29.7 Å². The van der Waals surface area contributed by atoms with Gasteiger partial charge in [-0.25, -0.2) is 4.39 Å². The van der Waals surface area contributed by atoms with Crippen LogP contribution in [0.1, 0.15) is 19.4 Å². The van der Waals surface area contributed by atoms with E-state index >= 15 is 0 Å². The summed E-state index contributed by atoms with van der Waals surface area (Å²) >= 11 is 5.62. The van der Waals surface area contributed by atoms with Crippen LogP contribution < -0.4 is 5.32 Å². The molecule has 1 N–H and O–H groups in total. The first kappa shape index (κ1) is 13.7. The highest BCUT2D eigenvalue weighted by molar-refractivity contribution is 6.30. The second-order valence-corrected chi connectivity index (χ2v) is 4.55. The molecule has 17 heavy (non-hydrogen) atoms. The predicted molar refractivity (Wildman–Crippen MR) is 68.3 cm³/mol. The Morgan fingerprint density at radius 2 is 2.24 bits per heavy atom. The summed E-state index contributed by atoms with van der Waals surface area (Å²) in [5, 5.41) is 2.80. The van der Waals surface area contributed by atoms with E-state index in [1.807, 2.05) is 13.8 Å². The van der Waals surface area contributed by atoms with Crippen LogP contribution in [-0.2, 0) is 4.79 Å². The molecule has 0 saturated heterocycles. The van der Waals surface area contributed by atoms with Gasteiger partial charge in [-0.15, -0.1) is 0 Å². The van der Waals surface area contributed by atoms with Gasteiger partial charge in [0.2, 0.25) is 5.91 Å². The third-order valence-electron chi connectivity index (χ3n) is 2.06. The second kappa shape index (κ2) is 6.40. The maximum Gasteiger partial charge on any atom is 0.244 e. The molecule has 0 aliphatic heterocycles. The molecule has 0 spiro atoms. The largest absolute Gasteiger partial charge is 0.352 e. The number of hydrogen-bond donors (Lipinski definition) is 1. The molecule has 4 heteroatoms. The first-order valence-electron chi connectivity index (χ1n) is 5.40. The number of carbonyl (C=O) groups is 1. The molecule has 0 heterocycles. The van der Waals surface area contributed by atoms with E-state index in [4.69, 9.17) is 11.6 Å². The first-order valence-corrected chi connectivity index (χ1v) is 5.78. The zero-order valence-corrected chi connectivity index (χ0v) is 10.6. The summed E-state index contributed by atoms with van der Waals surface area (Å²) < 4.78 is 12.9. The van der Waals surface area contributed by atoms with Gasteiger partial charge in [-0.2, -0.15) is 0 Å². The van der Waals surface area contributed by atoms with Crippen molar-refractivity contribution in [1.82, 2.24) is 5.32 Å². The summed E-state index contributed by atoms with van der Waals surface area (Å²) in [6.45, 7) is 4.67. The number of amides is 1. The molecular formula is C13H15ClFNO. The minimum absolute atomic E-state index is 0.0507. The van der Waals surface area contributed by atoms with Crippen molar-refractivity contribution in [3.8, 4) is 0 Å². The van der Waals surface area contributed by atoms with Crippen LogP contribution in [0.25, 0.3) is 6.08 Å². The van der Waals surface area contributed by atoms with E-state index in [0.717, 1.165) is 0 Å². The minimum Gasteiger partial charge on any atom is -0.352 e. The summed E-state index contributed by atoms with van der Waals surface area (Å²) in [4.78, 5) is 11.4. The van der Waals surface area contributed by atoms with Gasteiger partial charge in [0, 0.05) is 12.6 Å². The van der Waals surface area contributed by atoms with E-state index in [1.165, 1.54) is 18.2 Å². The van der Waals surface area contributed by atoms with Gasteiger partial charge < -0.3 is 5.32 Å². The van der Waals surface area contributed by atoms with Crippen LogP contribution in [0.3, 0.4) is 0 Å². The van der Waals surface area contributed by atoms with E-state index in [-0.39, 0.29) is 10.9 Å². The zero-order valence-electron chi connectivity index (χ0n) is 9.84. The predicted octanol–water partition coefficient (Wildman–Crippen LogP) is 3.26. The highest BCUT2D eigenvalue weighted by Gasteiger charge is 2.00. The standard InChI is InChI=1S/C13H15ClFNO/c1-9(2)8-16-13(17)6-4-10-3-5-12(15)11(14)7-10/h3-7,9H,8H2,1-2H3,(H,16,17). The lowest BCUT2D eigenvalue weighted by Gasteiger charge is -2.04. The van der Waals surface area contributed by atoms with Crippen LogP contribution in [0.5, 0.6) is 0 Å². The molecule has 0 aliphatic carbocycles. The number of halogens is 2. The number of rotatable bonds is 4. The van der Waals surface area contributed by atoms with Gasteiger partial charge in [0.05, 0.1) is 5.02 Å². The smallest absolute Gasteiger partial charge is 0.244 e. The fourth-order valence-electron chi connectivity index (χ4n) is 1.15. The lowest BCUT2D eigenvalue weighted by atomic mass is 10.2. The number of benzene rings is 1. The Bertz CT molecular complexity index is 429. The van der Waals surface area contributed by atoms with Crippen LogP contribution in [-0.4, -0.2) is 12.5 Å². The van der Waals surface area contributed by atoms with Crippen molar-refractivity contribution >= 4 is 23.6 Å². The number of carbonyl (C=O) groups excluding carboxylic acids is 1. The molecule has 0 atom stereocenters. The van der Waals surface area contributed by atoms with Crippen LogP contribution >= 0.6 is 11.6 Å². The highest BCUT2D eigenvalue weighted by Crippen LogP contribution is 2.16. The Morgan fingerprint density at radius 3 is 2.82 bits per heavy atom. The third-order valence-corrected chi connectivity index (χ3v) is 2.35. The van der Waals surface area contributed by atoms with Crippen molar-refractivity contribution in [2.24, 2.45) is 5.92 Å². The SMILES string of the molecule is CC(C)CNC(=O)C=Cc1ccc(F)c(Cl)c1. The Morgan fingerprint density at radius 1 is 1.53 bits per heavy atom. The van der Waals surface area contributed by atoms with Crippen molar-refractivity contribution < 1.29 is 9.18 Å². The maximum atomic E-state index is 12.9. The third kappa shape index (κ3) is 5.00. The Labute approximate surface area is 105 Å². The van der Waals surface area contributed by atoms with Gasteiger partial charge in [-0.1, -0.05) is 31.5 Å². The fraction of sp³-hybridized carbons (Fsp3) is 0.308. The van der Waals surface area contributed by atoms with Gasteiger partial charge in [0.1, 0.15) is 5.82 Å². The van der Waals surface area contributed by atoms with Crippen LogP contribution in [0.15, 0.2) is 24.3 Å². The normalized spacial score (nSPS) is 11.1. The fourth-order valence-corrected chi connectivity index (χ4v) is 1.34. The van der Waals surface area contributed by atoms with Gasteiger partial charge in [-0.3, -0.25) is 4.79 Å². The highest BCUT2D eigenvalue weighted by atomic mass is 35.5. The molecule has 0 saturated carbocycles. The van der Waals surface area contributed by atoms with Gasteiger partial charge in [0.25, 0.3) is 0 Å². The lowest BCUT2D eigenvalue weighted by molar-refractivity contribution is -0.116. The topological polar surface area (TPSA) is 29.1 Å². The van der Waals surface area contributed by atoms with Crippen LogP contribution in [0.2, 0.25) is 5.02 Å². The average molecular weight is 256 g/mol. The van der Waals surface area contributed by atoms with Crippen molar-refractivity contribution in [3.63, 3.8) is 0 Å². The molecule has 0 bridgehead atoms. The summed E-state index contributed by atoms with van der Waals surface area (Å²) in [6, 6.07) is 4.31. The molecule has 0 unspecified atom stereocenters. The molecule has 0 aliphatic rings. The molecule has 1 aromatic carbocycles. The van der Waals surface area contributed by atoms with Crippen molar-refractivity contribution in [3.05, 3.63) is 40.7 Å². The molecule has 0 radical (unpaired) electrons. The van der Waals surface area contributed by atoms with Crippen molar-refractivity contribution in [2.45, 2.75) is 13.8 Å². The summed E-state index contributed by atoms with van der Waals surface area (Å²) in [7, 11) is 0. The lowest BCUT2D eigenvalue weighted by Crippen LogP contribution is -2.25. The Balaban J connectivity index is 2.58. The minimum atomic E-state index is -0.465. The molecule has 1 aromatic rings. The first-order chi connectivity index (χ1) is 7.99. The molecule has 1 rings (SSSR count). The second-order valence-electron chi connectivity index (χ2n) is 4.15. The summed E-state index contributed by atoms with van der Waals surface area (Å²) in [5.74, 6) is -0.222. The van der Waals surface area contributed by atoms with Crippen LogP contribution in [0.4, 0.5) is 4.39 Å². The molecule has 0 fully saturated rings. The van der Waals surface area contributed by atoms with Crippen molar-refractivity contribution in [2.75, 3.05) is 6.54 Å². The van der Waals surface area contributed by atoms with E-state index in [2.05, 4.69) is 5.32 Å². The van der Waals surface area contributed by atoms with E-state index in [0.29, 0.717) is 18.0 Å². The average Bonchev–Trinajstić information content (AvgIpc) is 2.28. The molecular weight excluding hydrogens is 241 g/mol. The Kier molecular flexibility index (Phi) is 5.16. The van der Waals surface area contributed by atoms with Gasteiger partial charge in [0.15, 0.2) is 0 Å². The zero-order chi connectivity index (χ0) is 12.8. The quantitative estimate of drug-likeness (QED) is 0.822. The molecule has 2 nitrogen and oxygen atoms in total. The maximum absolute atomic E-state index is 12.9. The van der Waals surface area contributed by atoms with Crippen molar-refractivity contribution in [1.29, 1.82) is 0 Å². The molecule has 1 amide bonds. The molecule has 92 valence electrons. The van der Waals surface area contributed by atoms with E-state index in [9.17, 15) is 9.18 Å². The van der Waals surface area contributed by atoms with E-state index < -0.39 is 5.82 Å².